The first-order valence-electron chi connectivity index (χ1n) is 4.82. The van der Waals surface area contributed by atoms with E-state index >= 15 is 0 Å². The van der Waals surface area contributed by atoms with Gasteiger partial charge in [0.2, 0.25) is 0 Å². The third kappa shape index (κ3) is 1.13. The molecule has 0 amide bonds. The molecule has 0 radical (unpaired) electrons. The SMILES string of the molecule is Cc1ccc2c(c1C)C=CC2(C)C. The second-order valence-corrected chi connectivity index (χ2v) is 4.52. The molecule has 0 fully saturated rings. The molecule has 0 aromatic heterocycles. The topological polar surface area (TPSA) is 0 Å². The fourth-order valence-electron chi connectivity index (χ4n) is 2.00. The molecule has 0 heteroatoms. The van der Waals surface area contributed by atoms with Crippen LogP contribution in [0.25, 0.3) is 6.08 Å². The monoisotopic (exact) mass is 172 g/mol. The van der Waals surface area contributed by atoms with E-state index in [4.69, 9.17) is 0 Å². The molecule has 1 aliphatic rings. The smallest absolute Gasteiger partial charge is 0.00846 e. The summed E-state index contributed by atoms with van der Waals surface area (Å²) in [4.78, 5) is 0. The molecule has 0 heterocycles. The lowest BCUT2D eigenvalue weighted by atomic mass is 9.85. The molecule has 0 unspecified atom stereocenters. The second-order valence-electron chi connectivity index (χ2n) is 4.52. The highest BCUT2D eigenvalue weighted by molar-refractivity contribution is 5.68. The molecule has 1 aliphatic carbocycles. The summed E-state index contributed by atoms with van der Waals surface area (Å²) < 4.78 is 0. The summed E-state index contributed by atoms with van der Waals surface area (Å²) >= 11 is 0. The van der Waals surface area contributed by atoms with Gasteiger partial charge < -0.3 is 0 Å². The Hall–Kier alpha value is -1.04. The van der Waals surface area contributed by atoms with Crippen molar-refractivity contribution < 1.29 is 0 Å². The number of allylic oxidation sites excluding steroid dienone is 1. The van der Waals surface area contributed by atoms with E-state index in [1.807, 2.05) is 0 Å². The second kappa shape index (κ2) is 2.47. The zero-order valence-electron chi connectivity index (χ0n) is 8.81. The number of rotatable bonds is 0. The first kappa shape index (κ1) is 8.55. The average molecular weight is 172 g/mol. The minimum atomic E-state index is 0.230. The van der Waals surface area contributed by atoms with Crippen LogP contribution in [-0.2, 0) is 5.41 Å². The Morgan fingerprint density at radius 3 is 2.46 bits per heavy atom. The molecule has 1 aromatic rings. The fourth-order valence-corrected chi connectivity index (χ4v) is 2.00. The third-order valence-corrected chi connectivity index (χ3v) is 3.15. The van der Waals surface area contributed by atoms with E-state index in [2.05, 4.69) is 52.0 Å². The van der Waals surface area contributed by atoms with Crippen molar-refractivity contribution in [3.63, 3.8) is 0 Å². The van der Waals surface area contributed by atoms with Gasteiger partial charge >= 0.3 is 0 Å². The number of hydrogen-bond acceptors (Lipinski definition) is 0. The lowest BCUT2D eigenvalue weighted by Gasteiger charge is -2.19. The molecule has 68 valence electrons. The van der Waals surface area contributed by atoms with Gasteiger partial charge in [-0.25, -0.2) is 0 Å². The molecule has 0 spiro atoms. The maximum Gasteiger partial charge on any atom is 0.00846 e. The van der Waals surface area contributed by atoms with Gasteiger partial charge in [-0.1, -0.05) is 38.1 Å². The number of aryl methyl sites for hydroxylation is 1. The molecule has 0 saturated carbocycles. The van der Waals surface area contributed by atoms with Gasteiger partial charge in [0.15, 0.2) is 0 Å². The first-order chi connectivity index (χ1) is 6.02. The van der Waals surface area contributed by atoms with Crippen LogP contribution in [0.2, 0.25) is 0 Å². The molecule has 0 nitrogen and oxygen atoms in total. The van der Waals surface area contributed by atoms with Gasteiger partial charge in [-0.2, -0.15) is 0 Å². The maximum absolute atomic E-state index is 2.30. The summed E-state index contributed by atoms with van der Waals surface area (Å²) in [6, 6.07) is 4.49. The van der Waals surface area contributed by atoms with Crippen LogP contribution in [0.3, 0.4) is 0 Å². The van der Waals surface area contributed by atoms with Crippen LogP contribution in [0.15, 0.2) is 18.2 Å². The van der Waals surface area contributed by atoms with E-state index in [0.29, 0.717) is 0 Å². The van der Waals surface area contributed by atoms with E-state index in [-0.39, 0.29) is 5.41 Å². The predicted octanol–water partition coefficient (Wildman–Crippen LogP) is 3.61. The van der Waals surface area contributed by atoms with Crippen LogP contribution < -0.4 is 0 Å². The van der Waals surface area contributed by atoms with Crippen molar-refractivity contribution in [2.45, 2.75) is 33.1 Å². The fraction of sp³-hybridized carbons (Fsp3) is 0.385. The predicted molar refractivity (Wildman–Crippen MR) is 58.0 cm³/mol. The number of benzene rings is 1. The lowest BCUT2D eigenvalue weighted by molar-refractivity contribution is 0.682. The highest BCUT2D eigenvalue weighted by Gasteiger charge is 2.25. The van der Waals surface area contributed by atoms with E-state index in [9.17, 15) is 0 Å². The largest absolute Gasteiger partial charge is 0.0738 e. The van der Waals surface area contributed by atoms with Gasteiger partial charge in [0.25, 0.3) is 0 Å². The Kier molecular flexibility index (Phi) is 1.63. The zero-order valence-corrected chi connectivity index (χ0v) is 8.81. The molecule has 0 bridgehead atoms. The maximum atomic E-state index is 2.30. The molecule has 13 heavy (non-hydrogen) atoms. The average Bonchev–Trinajstić information content (AvgIpc) is 2.35. The minimum absolute atomic E-state index is 0.230. The van der Waals surface area contributed by atoms with Crippen molar-refractivity contribution in [1.29, 1.82) is 0 Å². The van der Waals surface area contributed by atoms with Crippen molar-refractivity contribution in [2.75, 3.05) is 0 Å². The van der Waals surface area contributed by atoms with Crippen molar-refractivity contribution in [2.24, 2.45) is 0 Å². The Morgan fingerprint density at radius 2 is 1.77 bits per heavy atom. The quantitative estimate of drug-likeness (QED) is 0.561. The van der Waals surface area contributed by atoms with Gasteiger partial charge in [-0.15, -0.1) is 0 Å². The van der Waals surface area contributed by atoms with Gasteiger partial charge in [0.05, 0.1) is 0 Å². The highest BCUT2D eigenvalue weighted by Crippen LogP contribution is 2.37. The van der Waals surface area contributed by atoms with Gasteiger partial charge in [-0.05, 0) is 36.1 Å². The Labute approximate surface area is 80.3 Å². The highest BCUT2D eigenvalue weighted by atomic mass is 14.3. The van der Waals surface area contributed by atoms with Crippen molar-refractivity contribution >= 4 is 6.08 Å². The summed E-state index contributed by atoms with van der Waals surface area (Å²) in [7, 11) is 0. The lowest BCUT2D eigenvalue weighted by Crippen LogP contribution is -2.11. The van der Waals surface area contributed by atoms with Crippen LogP contribution in [-0.4, -0.2) is 0 Å². The van der Waals surface area contributed by atoms with Gasteiger partial charge in [0, 0.05) is 5.41 Å². The van der Waals surface area contributed by atoms with Gasteiger partial charge in [0.1, 0.15) is 0 Å². The molecule has 0 saturated heterocycles. The molecule has 0 N–H and O–H groups in total. The van der Waals surface area contributed by atoms with E-state index < -0.39 is 0 Å². The standard InChI is InChI=1S/C13H16/c1-9-5-6-12-11(10(9)2)7-8-13(12,3)4/h5-8H,1-4H3. The number of fused-ring (bicyclic) bond motifs is 1. The van der Waals surface area contributed by atoms with Crippen LogP contribution >= 0.6 is 0 Å². The van der Waals surface area contributed by atoms with Gasteiger partial charge in [-0.3, -0.25) is 0 Å². The summed E-state index contributed by atoms with van der Waals surface area (Å²) in [5, 5.41) is 0. The Morgan fingerprint density at radius 1 is 1.08 bits per heavy atom. The van der Waals surface area contributed by atoms with E-state index in [1.54, 1.807) is 0 Å². The van der Waals surface area contributed by atoms with Crippen molar-refractivity contribution in [3.05, 3.63) is 40.5 Å². The van der Waals surface area contributed by atoms with Crippen LogP contribution in [0.5, 0.6) is 0 Å². The summed E-state index contributed by atoms with van der Waals surface area (Å²) in [5.74, 6) is 0. The van der Waals surface area contributed by atoms with Crippen LogP contribution in [0.4, 0.5) is 0 Å². The summed E-state index contributed by atoms with van der Waals surface area (Å²) in [6.45, 7) is 8.92. The van der Waals surface area contributed by atoms with Crippen LogP contribution in [0.1, 0.15) is 36.1 Å². The first-order valence-corrected chi connectivity index (χ1v) is 4.82. The summed E-state index contributed by atoms with van der Waals surface area (Å²) in [5.41, 5.74) is 5.95. The zero-order chi connectivity index (χ0) is 9.64. The third-order valence-electron chi connectivity index (χ3n) is 3.15. The number of hydrogen-bond donors (Lipinski definition) is 0. The van der Waals surface area contributed by atoms with E-state index in [1.165, 1.54) is 22.3 Å². The van der Waals surface area contributed by atoms with Crippen molar-refractivity contribution in [1.82, 2.24) is 0 Å². The molecule has 2 rings (SSSR count). The van der Waals surface area contributed by atoms with Crippen molar-refractivity contribution in [3.8, 4) is 0 Å². The molecule has 0 aliphatic heterocycles. The molecule has 0 atom stereocenters. The van der Waals surface area contributed by atoms with E-state index in [0.717, 1.165) is 0 Å². The van der Waals surface area contributed by atoms with Crippen LogP contribution in [0, 0.1) is 13.8 Å². The Balaban J connectivity index is 2.71. The summed E-state index contributed by atoms with van der Waals surface area (Å²) in [6.07, 6.45) is 4.56. The molecular weight excluding hydrogens is 156 g/mol. The normalized spacial score (nSPS) is 17.5. The Bertz CT molecular complexity index is 381. The molecule has 1 aromatic carbocycles. The molecular formula is C13H16. The minimum Gasteiger partial charge on any atom is -0.0738 e.